The van der Waals surface area contributed by atoms with Gasteiger partial charge in [-0.15, -0.1) is 0 Å². The Morgan fingerprint density at radius 1 is 1.13 bits per heavy atom. The number of alkyl halides is 3. The van der Waals surface area contributed by atoms with Gasteiger partial charge in [0.25, 0.3) is 0 Å². The van der Waals surface area contributed by atoms with E-state index < -0.39 is 12.7 Å². The summed E-state index contributed by atoms with van der Waals surface area (Å²) in [5.41, 5.74) is 2.54. The summed E-state index contributed by atoms with van der Waals surface area (Å²) in [7, 11) is 1.69. The molecule has 1 aromatic carbocycles. The molecular weight excluding hydrogens is 391 g/mol. The van der Waals surface area contributed by atoms with Crippen LogP contribution in [0.4, 0.5) is 13.2 Å². The molecule has 2 N–H and O–H groups in total. The first-order chi connectivity index (χ1) is 14.3. The normalized spacial score (nSPS) is 24.2. The largest absolute Gasteiger partial charge is 0.401 e. The molecule has 2 aliphatic rings. The number of benzene rings is 1. The summed E-state index contributed by atoms with van der Waals surface area (Å²) in [5.74, 6) is 0.634. The van der Waals surface area contributed by atoms with Crippen molar-refractivity contribution in [3.05, 3.63) is 35.4 Å². The van der Waals surface area contributed by atoms with Crippen molar-refractivity contribution < 1.29 is 13.2 Å². The van der Waals surface area contributed by atoms with Gasteiger partial charge in [0.05, 0.1) is 6.54 Å². The molecule has 1 aromatic rings. The molecule has 168 valence electrons. The summed E-state index contributed by atoms with van der Waals surface area (Å²) >= 11 is 0. The van der Waals surface area contributed by atoms with E-state index in [9.17, 15) is 13.2 Å². The highest BCUT2D eigenvalue weighted by molar-refractivity contribution is 5.80. The Morgan fingerprint density at radius 3 is 2.60 bits per heavy atom. The van der Waals surface area contributed by atoms with Gasteiger partial charge >= 0.3 is 6.18 Å². The van der Waals surface area contributed by atoms with E-state index in [4.69, 9.17) is 0 Å². The van der Waals surface area contributed by atoms with Crippen LogP contribution in [0.1, 0.15) is 43.7 Å². The van der Waals surface area contributed by atoms with Crippen molar-refractivity contribution >= 4 is 5.96 Å². The molecule has 0 saturated carbocycles. The van der Waals surface area contributed by atoms with Crippen molar-refractivity contribution in [3.63, 3.8) is 0 Å². The number of guanidine groups is 1. The molecule has 0 bridgehead atoms. The van der Waals surface area contributed by atoms with Crippen molar-refractivity contribution in [2.45, 2.75) is 64.0 Å². The first-order valence-corrected chi connectivity index (χ1v) is 10.9. The molecule has 30 heavy (non-hydrogen) atoms. The highest BCUT2D eigenvalue weighted by Gasteiger charge is 2.34. The fourth-order valence-corrected chi connectivity index (χ4v) is 4.41. The van der Waals surface area contributed by atoms with Gasteiger partial charge in [-0.3, -0.25) is 14.8 Å². The molecule has 0 amide bonds. The molecule has 2 saturated heterocycles. The second-order valence-corrected chi connectivity index (χ2v) is 8.49. The van der Waals surface area contributed by atoms with Crippen molar-refractivity contribution in [3.8, 4) is 0 Å². The summed E-state index contributed by atoms with van der Waals surface area (Å²) in [5, 5.41) is 6.62. The first-order valence-electron chi connectivity index (χ1n) is 10.9. The third kappa shape index (κ3) is 6.87. The van der Waals surface area contributed by atoms with Gasteiger partial charge in [0.15, 0.2) is 5.96 Å². The van der Waals surface area contributed by atoms with Crippen molar-refractivity contribution in [2.24, 2.45) is 4.99 Å². The van der Waals surface area contributed by atoms with Crippen molar-refractivity contribution in [1.29, 1.82) is 0 Å². The highest BCUT2D eigenvalue weighted by Crippen LogP contribution is 2.21. The van der Waals surface area contributed by atoms with Gasteiger partial charge in [-0.05, 0) is 43.9 Å². The van der Waals surface area contributed by atoms with Gasteiger partial charge < -0.3 is 10.6 Å². The highest BCUT2D eigenvalue weighted by atomic mass is 19.4. The van der Waals surface area contributed by atoms with Crippen molar-refractivity contribution in [1.82, 2.24) is 20.4 Å². The number of hydrogen-bond acceptors (Lipinski definition) is 3. The molecule has 2 aliphatic heterocycles. The summed E-state index contributed by atoms with van der Waals surface area (Å²) in [6.45, 7) is 5.00. The van der Waals surface area contributed by atoms with Crippen molar-refractivity contribution in [2.75, 3.05) is 33.2 Å². The maximum atomic E-state index is 12.6. The molecule has 2 heterocycles. The van der Waals surface area contributed by atoms with Gasteiger partial charge in [0, 0.05) is 45.3 Å². The fourth-order valence-electron chi connectivity index (χ4n) is 4.41. The SMILES string of the molecule is CN=C(NCc1ccccc1CN1CCCCC1C)NC1CCN(CC(F)(F)F)C1. The van der Waals surface area contributed by atoms with E-state index in [0.29, 0.717) is 38.1 Å². The minimum absolute atomic E-state index is 0.0250. The van der Waals surface area contributed by atoms with E-state index in [1.807, 2.05) is 6.07 Å². The van der Waals surface area contributed by atoms with Gasteiger partial charge in [-0.1, -0.05) is 30.7 Å². The summed E-state index contributed by atoms with van der Waals surface area (Å²) in [6, 6.07) is 9.02. The molecule has 2 fully saturated rings. The van der Waals surface area contributed by atoms with E-state index in [1.165, 1.54) is 35.3 Å². The lowest BCUT2D eigenvalue weighted by Gasteiger charge is -2.33. The topological polar surface area (TPSA) is 42.9 Å². The second kappa shape index (κ2) is 10.5. The zero-order chi connectivity index (χ0) is 21.6. The second-order valence-electron chi connectivity index (χ2n) is 8.49. The van der Waals surface area contributed by atoms with E-state index >= 15 is 0 Å². The Balaban J connectivity index is 1.52. The van der Waals surface area contributed by atoms with E-state index in [-0.39, 0.29) is 6.04 Å². The molecule has 0 radical (unpaired) electrons. The van der Waals surface area contributed by atoms with Crippen LogP contribution >= 0.6 is 0 Å². The van der Waals surface area contributed by atoms with Crippen LogP contribution in [-0.4, -0.2) is 67.2 Å². The lowest BCUT2D eigenvalue weighted by Crippen LogP contribution is -2.45. The quantitative estimate of drug-likeness (QED) is 0.542. The molecule has 0 spiro atoms. The van der Waals surface area contributed by atoms with Gasteiger partial charge in [0.1, 0.15) is 0 Å². The number of piperidine rings is 1. The zero-order valence-electron chi connectivity index (χ0n) is 18.0. The third-order valence-corrected chi connectivity index (χ3v) is 6.12. The van der Waals surface area contributed by atoms with E-state index in [1.54, 1.807) is 7.05 Å². The molecule has 3 rings (SSSR count). The van der Waals surface area contributed by atoms with Crippen LogP contribution in [-0.2, 0) is 13.1 Å². The number of rotatable bonds is 6. The predicted octanol–water partition coefficient (Wildman–Crippen LogP) is 3.36. The first kappa shape index (κ1) is 22.9. The van der Waals surface area contributed by atoms with Crippen LogP contribution in [0.2, 0.25) is 0 Å². The molecule has 2 unspecified atom stereocenters. The molecule has 0 aromatic heterocycles. The molecular formula is C22H34F3N5. The van der Waals surface area contributed by atoms with Gasteiger partial charge in [-0.2, -0.15) is 13.2 Å². The Kier molecular flexibility index (Phi) is 7.99. The van der Waals surface area contributed by atoms with Gasteiger partial charge in [-0.25, -0.2) is 0 Å². The lowest BCUT2D eigenvalue weighted by atomic mass is 10.0. The smallest absolute Gasteiger partial charge is 0.352 e. The van der Waals surface area contributed by atoms with Crippen LogP contribution in [0.15, 0.2) is 29.3 Å². The minimum atomic E-state index is -4.15. The van der Waals surface area contributed by atoms with E-state index in [0.717, 1.165) is 13.1 Å². The predicted molar refractivity (Wildman–Crippen MR) is 114 cm³/mol. The Morgan fingerprint density at radius 2 is 1.90 bits per heavy atom. The number of nitrogens with zero attached hydrogens (tertiary/aromatic N) is 3. The summed E-state index contributed by atoms with van der Waals surface area (Å²) in [6.07, 6.45) is 0.354. The standard InChI is InChI=1S/C22H34F3N5/c1-17-7-5-6-11-30(17)14-19-9-4-3-8-18(19)13-27-21(26-2)28-20-10-12-29(15-20)16-22(23,24)25/h3-4,8-9,17,20H,5-7,10-16H2,1-2H3,(H2,26,27,28). The zero-order valence-corrected chi connectivity index (χ0v) is 18.0. The monoisotopic (exact) mass is 425 g/mol. The summed E-state index contributed by atoms with van der Waals surface area (Å²) < 4.78 is 37.8. The maximum Gasteiger partial charge on any atom is 0.401 e. The third-order valence-electron chi connectivity index (χ3n) is 6.12. The maximum absolute atomic E-state index is 12.6. The van der Waals surface area contributed by atoms with Crippen LogP contribution < -0.4 is 10.6 Å². The summed E-state index contributed by atoms with van der Waals surface area (Å²) in [4.78, 5) is 8.26. The number of hydrogen-bond donors (Lipinski definition) is 2. The fraction of sp³-hybridized carbons (Fsp3) is 0.682. The average Bonchev–Trinajstić information content (AvgIpc) is 3.13. The number of nitrogens with one attached hydrogen (secondary N) is 2. The molecule has 8 heteroatoms. The van der Waals surface area contributed by atoms with E-state index in [2.05, 4.69) is 45.6 Å². The molecule has 5 nitrogen and oxygen atoms in total. The van der Waals surface area contributed by atoms with Crippen LogP contribution in [0.5, 0.6) is 0 Å². The van der Waals surface area contributed by atoms with Crippen LogP contribution in [0, 0.1) is 0 Å². The average molecular weight is 426 g/mol. The molecule has 2 atom stereocenters. The number of halogens is 3. The molecule has 0 aliphatic carbocycles. The Bertz CT molecular complexity index is 706. The lowest BCUT2D eigenvalue weighted by molar-refractivity contribution is -0.143. The van der Waals surface area contributed by atoms with Gasteiger partial charge in [0.2, 0.25) is 0 Å². The number of likely N-dealkylation sites (tertiary alicyclic amines) is 2. The van der Waals surface area contributed by atoms with Crippen LogP contribution in [0.25, 0.3) is 0 Å². The Hall–Kier alpha value is -1.80. The minimum Gasteiger partial charge on any atom is -0.352 e. The Labute approximate surface area is 177 Å². The number of aliphatic imine (C=N–C) groups is 1. The van der Waals surface area contributed by atoms with Crippen LogP contribution in [0.3, 0.4) is 0 Å².